The van der Waals surface area contributed by atoms with Gasteiger partial charge in [0.25, 0.3) is 5.56 Å². The second-order valence-electron chi connectivity index (χ2n) is 7.88. The van der Waals surface area contributed by atoms with Gasteiger partial charge >= 0.3 is 0 Å². The Kier molecular flexibility index (Phi) is 6.41. The fourth-order valence-electron chi connectivity index (χ4n) is 4.43. The van der Waals surface area contributed by atoms with Crippen LogP contribution in [0.1, 0.15) is 68.7 Å². The van der Waals surface area contributed by atoms with Crippen LogP contribution in [-0.4, -0.2) is 27.3 Å². The Bertz CT molecular complexity index is 910. The summed E-state index contributed by atoms with van der Waals surface area (Å²) in [6, 6.07) is 0.309. The molecule has 2 aromatic heterocycles. The van der Waals surface area contributed by atoms with Gasteiger partial charge in [-0.15, -0.1) is 11.3 Å². The largest absolute Gasteiger partial charge is 0.353 e. The molecule has 5 nitrogen and oxygen atoms in total. The summed E-state index contributed by atoms with van der Waals surface area (Å²) in [5.74, 6) is 0.374. The maximum Gasteiger partial charge on any atom is 0.263 e. The lowest BCUT2D eigenvalue weighted by atomic mass is 9.97. The predicted octanol–water partition coefficient (Wildman–Crippen LogP) is 4.29. The molecule has 0 atom stereocenters. The minimum atomic E-state index is 0.0550. The van der Waals surface area contributed by atoms with Crippen LogP contribution < -0.4 is 10.9 Å². The van der Waals surface area contributed by atoms with Gasteiger partial charge in [0.2, 0.25) is 5.91 Å². The van der Waals surface area contributed by atoms with Gasteiger partial charge < -0.3 is 5.32 Å². The highest BCUT2D eigenvalue weighted by Crippen LogP contribution is 2.34. The summed E-state index contributed by atoms with van der Waals surface area (Å²) >= 11 is 3.07. The molecule has 7 heteroatoms. The van der Waals surface area contributed by atoms with Crippen LogP contribution in [0.15, 0.2) is 9.95 Å². The van der Waals surface area contributed by atoms with Crippen molar-refractivity contribution >= 4 is 39.2 Å². The molecule has 0 bridgehead atoms. The van der Waals surface area contributed by atoms with Gasteiger partial charge in [-0.3, -0.25) is 14.2 Å². The molecule has 0 aliphatic heterocycles. The Morgan fingerprint density at radius 3 is 2.68 bits per heavy atom. The topological polar surface area (TPSA) is 64.0 Å². The second-order valence-corrected chi connectivity index (χ2v) is 9.91. The van der Waals surface area contributed by atoms with Gasteiger partial charge in [-0.1, -0.05) is 37.4 Å². The molecule has 0 saturated heterocycles. The number of aromatic nitrogens is 2. The summed E-state index contributed by atoms with van der Waals surface area (Å²) in [6.07, 6.45) is 11.5. The number of fused-ring (bicyclic) bond motifs is 3. The molecule has 0 spiro atoms. The molecule has 28 heavy (non-hydrogen) atoms. The molecule has 0 radical (unpaired) electrons. The normalized spacial score (nSPS) is 18.0. The molecule has 4 rings (SSSR count). The molecule has 1 saturated carbocycles. The molecule has 2 aromatic rings. The number of nitrogens with one attached hydrogen (secondary N) is 1. The maximum atomic E-state index is 13.1. The van der Waals surface area contributed by atoms with Crippen molar-refractivity contribution in [3.05, 3.63) is 20.8 Å². The lowest BCUT2D eigenvalue weighted by Crippen LogP contribution is -2.35. The van der Waals surface area contributed by atoms with E-state index in [-0.39, 0.29) is 11.5 Å². The summed E-state index contributed by atoms with van der Waals surface area (Å²) in [6.45, 7) is 2.56. The van der Waals surface area contributed by atoms with Crippen LogP contribution in [0, 0.1) is 0 Å². The summed E-state index contributed by atoms with van der Waals surface area (Å²) in [7, 11) is 0. The third-order valence-corrected chi connectivity index (χ3v) is 8.07. The number of nitrogens with zero attached hydrogens (tertiary/aromatic N) is 2. The molecule has 1 fully saturated rings. The Hall–Kier alpha value is -1.34. The highest BCUT2D eigenvalue weighted by atomic mass is 32.2. The lowest BCUT2D eigenvalue weighted by Gasteiger charge is -2.16. The number of hydrogen-bond donors (Lipinski definition) is 1. The fourth-order valence-corrected chi connectivity index (χ4v) is 6.61. The standard InChI is InChI=1S/C21H29N3O2S2/c1-2-24-20(26)18-15-11-7-8-12-16(15)28-19(18)23-21(24)27-13-17(25)22-14-9-5-3-4-6-10-14/h14H,2-13H2,1H3,(H,22,25). The predicted molar refractivity (Wildman–Crippen MR) is 117 cm³/mol. The van der Waals surface area contributed by atoms with E-state index in [0.29, 0.717) is 23.5 Å². The van der Waals surface area contributed by atoms with Crippen molar-refractivity contribution in [3.63, 3.8) is 0 Å². The lowest BCUT2D eigenvalue weighted by molar-refractivity contribution is -0.119. The van der Waals surface area contributed by atoms with E-state index >= 15 is 0 Å². The van der Waals surface area contributed by atoms with Crippen molar-refractivity contribution in [2.24, 2.45) is 0 Å². The summed E-state index contributed by atoms with van der Waals surface area (Å²) in [4.78, 5) is 32.6. The van der Waals surface area contributed by atoms with Crippen LogP contribution in [0.25, 0.3) is 10.2 Å². The zero-order valence-corrected chi connectivity index (χ0v) is 18.2. The Labute approximate surface area is 174 Å². The molecule has 2 aliphatic rings. The monoisotopic (exact) mass is 419 g/mol. The van der Waals surface area contributed by atoms with E-state index < -0.39 is 0 Å². The minimum absolute atomic E-state index is 0.0550. The Balaban J connectivity index is 1.51. The van der Waals surface area contributed by atoms with E-state index in [1.165, 1.54) is 54.3 Å². The third kappa shape index (κ3) is 4.15. The minimum Gasteiger partial charge on any atom is -0.353 e. The van der Waals surface area contributed by atoms with Gasteiger partial charge in [0.1, 0.15) is 4.83 Å². The first-order valence-corrected chi connectivity index (χ1v) is 12.4. The van der Waals surface area contributed by atoms with Crippen molar-refractivity contribution in [1.29, 1.82) is 0 Å². The summed E-state index contributed by atoms with van der Waals surface area (Å²) < 4.78 is 1.74. The third-order valence-electron chi connectivity index (χ3n) is 5.91. The van der Waals surface area contributed by atoms with E-state index in [0.717, 1.165) is 42.3 Å². The fraction of sp³-hybridized carbons (Fsp3) is 0.667. The zero-order valence-electron chi connectivity index (χ0n) is 16.6. The average molecular weight is 420 g/mol. The zero-order chi connectivity index (χ0) is 19.5. The molecule has 2 aliphatic carbocycles. The molecular formula is C21H29N3O2S2. The van der Waals surface area contributed by atoms with Crippen LogP contribution in [0.5, 0.6) is 0 Å². The van der Waals surface area contributed by atoms with Gasteiger partial charge in [-0.25, -0.2) is 4.98 Å². The first-order chi connectivity index (χ1) is 13.7. The number of carbonyl (C=O) groups excluding carboxylic acids is 1. The van der Waals surface area contributed by atoms with E-state index in [1.54, 1.807) is 15.9 Å². The quantitative estimate of drug-likeness (QED) is 0.446. The van der Waals surface area contributed by atoms with Crippen LogP contribution >= 0.6 is 23.1 Å². The van der Waals surface area contributed by atoms with Crippen LogP contribution in [0.4, 0.5) is 0 Å². The number of rotatable bonds is 5. The molecule has 152 valence electrons. The van der Waals surface area contributed by atoms with Crippen LogP contribution in [0.3, 0.4) is 0 Å². The van der Waals surface area contributed by atoms with Crippen molar-refractivity contribution < 1.29 is 4.79 Å². The highest BCUT2D eigenvalue weighted by molar-refractivity contribution is 7.99. The molecule has 0 aromatic carbocycles. The molecular weight excluding hydrogens is 390 g/mol. The highest BCUT2D eigenvalue weighted by Gasteiger charge is 2.22. The van der Waals surface area contributed by atoms with Crippen molar-refractivity contribution in [2.45, 2.75) is 88.9 Å². The van der Waals surface area contributed by atoms with Gasteiger partial charge in [0.15, 0.2) is 5.16 Å². The first kappa shape index (κ1) is 20.0. The number of thiophene rings is 1. The van der Waals surface area contributed by atoms with Crippen molar-refractivity contribution in [1.82, 2.24) is 14.9 Å². The molecule has 1 amide bonds. The SMILES string of the molecule is CCn1c(SCC(=O)NC2CCCCCC2)nc2sc3c(c2c1=O)CCCC3. The number of amides is 1. The van der Waals surface area contributed by atoms with E-state index in [9.17, 15) is 9.59 Å². The summed E-state index contributed by atoms with van der Waals surface area (Å²) in [5, 5.41) is 4.69. The summed E-state index contributed by atoms with van der Waals surface area (Å²) in [5.41, 5.74) is 1.30. The van der Waals surface area contributed by atoms with Gasteiger partial charge in [-0.05, 0) is 51.0 Å². The van der Waals surface area contributed by atoms with Gasteiger partial charge in [0.05, 0.1) is 11.1 Å². The number of thioether (sulfide) groups is 1. The van der Waals surface area contributed by atoms with Crippen molar-refractivity contribution in [2.75, 3.05) is 5.75 Å². The Morgan fingerprint density at radius 2 is 1.93 bits per heavy atom. The van der Waals surface area contributed by atoms with Crippen molar-refractivity contribution in [3.8, 4) is 0 Å². The van der Waals surface area contributed by atoms with Gasteiger partial charge in [-0.2, -0.15) is 0 Å². The number of carbonyl (C=O) groups is 1. The molecule has 2 heterocycles. The van der Waals surface area contributed by atoms with Crippen LogP contribution in [-0.2, 0) is 24.2 Å². The smallest absolute Gasteiger partial charge is 0.263 e. The van der Waals surface area contributed by atoms with E-state index in [2.05, 4.69) is 5.32 Å². The average Bonchev–Trinajstić information content (AvgIpc) is 2.87. The molecule has 1 N–H and O–H groups in total. The van der Waals surface area contributed by atoms with Gasteiger partial charge in [0, 0.05) is 17.5 Å². The first-order valence-electron chi connectivity index (χ1n) is 10.6. The number of hydrogen-bond acceptors (Lipinski definition) is 5. The maximum absolute atomic E-state index is 13.1. The van der Waals surface area contributed by atoms with Crippen LogP contribution in [0.2, 0.25) is 0 Å². The Morgan fingerprint density at radius 1 is 1.18 bits per heavy atom. The van der Waals surface area contributed by atoms with E-state index in [4.69, 9.17) is 4.98 Å². The van der Waals surface area contributed by atoms with E-state index in [1.807, 2.05) is 6.92 Å². The molecule has 0 unspecified atom stereocenters. The second kappa shape index (κ2) is 8.99. The number of aryl methyl sites for hydroxylation is 2.